The zero-order chi connectivity index (χ0) is 13.1. The van der Waals surface area contributed by atoms with Crippen LogP contribution in [0.15, 0.2) is 28.7 Å². The SMILES string of the molecule is Cc1cccc(CNCc2c(Br)c(C)nn2C)c1. The summed E-state index contributed by atoms with van der Waals surface area (Å²) in [5.74, 6) is 0. The van der Waals surface area contributed by atoms with Gasteiger partial charge < -0.3 is 5.32 Å². The fraction of sp³-hybridized carbons (Fsp3) is 0.357. The third kappa shape index (κ3) is 3.00. The zero-order valence-electron chi connectivity index (χ0n) is 11.0. The summed E-state index contributed by atoms with van der Waals surface area (Å²) in [4.78, 5) is 0. The van der Waals surface area contributed by atoms with Crippen molar-refractivity contribution in [3.63, 3.8) is 0 Å². The van der Waals surface area contributed by atoms with Crippen LogP contribution in [-0.4, -0.2) is 9.78 Å². The Bertz CT molecular complexity index is 546. The summed E-state index contributed by atoms with van der Waals surface area (Å²) in [6.45, 7) is 5.81. The summed E-state index contributed by atoms with van der Waals surface area (Å²) in [7, 11) is 1.97. The number of benzene rings is 1. The van der Waals surface area contributed by atoms with E-state index in [1.807, 2.05) is 18.7 Å². The summed E-state index contributed by atoms with van der Waals surface area (Å²) >= 11 is 3.58. The predicted molar refractivity (Wildman–Crippen MR) is 77.4 cm³/mol. The number of aromatic nitrogens is 2. The Morgan fingerprint density at radius 1 is 1.28 bits per heavy atom. The highest BCUT2D eigenvalue weighted by atomic mass is 79.9. The van der Waals surface area contributed by atoms with Crippen molar-refractivity contribution in [3.8, 4) is 0 Å². The highest BCUT2D eigenvalue weighted by Crippen LogP contribution is 2.19. The van der Waals surface area contributed by atoms with Crippen LogP contribution < -0.4 is 5.32 Å². The van der Waals surface area contributed by atoms with Crippen molar-refractivity contribution in [3.05, 3.63) is 51.3 Å². The minimum atomic E-state index is 0.811. The van der Waals surface area contributed by atoms with Gasteiger partial charge in [0, 0.05) is 20.1 Å². The van der Waals surface area contributed by atoms with E-state index in [-0.39, 0.29) is 0 Å². The molecule has 0 bridgehead atoms. The Morgan fingerprint density at radius 2 is 2.06 bits per heavy atom. The van der Waals surface area contributed by atoms with Gasteiger partial charge in [-0.2, -0.15) is 5.10 Å². The number of nitrogens with one attached hydrogen (secondary N) is 1. The van der Waals surface area contributed by atoms with E-state index in [0.29, 0.717) is 0 Å². The van der Waals surface area contributed by atoms with Crippen molar-refractivity contribution in [1.29, 1.82) is 0 Å². The van der Waals surface area contributed by atoms with Crippen molar-refractivity contribution in [2.75, 3.05) is 0 Å². The van der Waals surface area contributed by atoms with Crippen LogP contribution in [0.5, 0.6) is 0 Å². The maximum atomic E-state index is 4.38. The molecule has 0 fully saturated rings. The molecular weight excluding hydrogens is 290 g/mol. The molecule has 0 unspecified atom stereocenters. The first-order valence-corrected chi connectivity index (χ1v) is 6.81. The van der Waals surface area contributed by atoms with Crippen LogP contribution in [0.1, 0.15) is 22.5 Å². The van der Waals surface area contributed by atoms with Gasteiger partial charge in [0.1, 0.15) is 0 Å². The number of aryl methyl sites for hydroxylation is 3. The van der Waals surface area contributed by atoms with Gasteiger partial charge >= 0.3 is 0 Å². The van der Waals surface area contributed by atoms with Gasteiger partial charge in [-0.05, 0) is 35.3 Å². The first-order valence-electron chi connectivity index (χ1n) is 6.02. The molecule has 0 aliphatic carbocycles. The van der Waals surface area contributed by atoms with E-state index in [1.165, 1.54) is 16.8 Å². The van der Waals surface area contributed by atoms with Gasteiger partial charge in [-0.3, -0.25) is 4.68 Å². The topological polar surface area (TPSA) is 29.9 Å². The Balaban J connectivity index is 1.96. The predicted octanol–water partition coefficient (Wildman–Crippen LogP) is 3.09. The third-order valence-corrected chi connectivity index (χ3v) is 4.00. The minimum Gasteiger partial charge on any atom is -0.307 e. The summed E-state index contributed by atoms with van der Waals surface area (Å²) in [6.07, 6.45) is 0. The quantitative estimate of drug-likeness (QED) is 0.940. The first-order chi connectivity index (χ1) is 8.58. The lowest BCUT2D eigenvalue weighted by Crippen LogP contribution is -2.15. The molecule has 0 aliphatic rings. The van der Waals surface area contributed by atoms with Gasteiger partial charge in [0.25, 0.3) is 0 Å². The van der Waals surface area contributed by atoms with Gasteiger partial charge in [-0.15, -0.1) is 0 Å². The van der Waals surface area contributed by atoms with Crippen molar-refractivity contribution < 1.29 is 0 Å². The molecule has 3 nitrogen and oxygen atoms in total. The number of rotatable bonds is 4. The molecule has 1 heterocycles. The third-order valence-electron chi connectivity index (χ3n) is 2.97. The van der Waals surface area contributed by atoms with Crippen LogP contribution in [0.2, 0.25) is 0 Å². The Kier molecular flexibility index (Phi) is 4.19. The number of nitrogens with zero attached hydrogens (tertiary/aromatic N) is 2. The monoisotopic (exact) mass is 307 g/mol. The second-order valence-corrected chi connectivity index (χ2v) is 5.36. The van der Waals surface area contributed by atoms with Crippen LogP contribution in [-0.2, 0) is 20.1 Å². The molecule has 1 aromatic heterocycles. The molecule has 0 atom stereocenters. The average molecular weight is 308 g/mol. The highest BCUT2D eigenvalue weighted by molar-refractivity contribution is 9.10. The smallest absolute Gasteiger partial charge is 0.0739 e. The van der Waals surface area contributed by atoms with Gasteiger partial charge in [0.05, 0.1) is 15.9 Å². The molecular formula is C14H18BrN3. The molecule has 1 N–H and O–H groups in total. The largest absolute Gasteiger partial charge is 0.307 e. The fourth-order valence-electron chi connectivity index (χ4n) is 2.02. The first kappa shape index (κ1) is 13.3. The molecule has 96 valence electrons. The van der Waals surface area contributed by atoms with Crippen molar-refractivity contribution in [2.45, 2.75) is 26.9 Å². The number of hydrogen-bond donors (Lipinski definition) is 1. The van der Waals surface area contributed by atoms with Crippen LogP contribution in [0, 0.1) is 13.8 Å². The Morgan fingerprint density at radius 3 is 2.67 bits per heavy atom. The lowest BCUT2D eigenvalue weighted by atomic mass is 10.1. The molecule has 0 radical (unpaired) electrons. The van der Waals surface area contributed by atoms with Crippen molar-refractivity contribution in [2.24, 2.45) is 7.05 Å². The fourth-order valence-corrected chi connectivity index (χ4v) is 2.50. The molecule has 4 heteroatoms. The molecule has 0 saturated carbocycles. The maximum Gasteiger partial charge on any atom is 0.0739 e. The summed E-state index contributed by atoms with van der Waals surface area (Å²) in [5, 5.41) is 7.83. The normalized spacial score (nSPS) is 10.9. The van der Waals surface area contributed by atoms with E-state index in [9.17, 15) is 0 Å². The minimum absolute atomic E-state index is 0.811. The van der Waals surface area contributed by atoms with Crippen LogP contribution in [0.3, 0.4) is 0 Å². The van der Waals surface area contributed by atoms with Gasteiger partial charge in [0.15, 0.2) is 0 Å². The van der Waals surface area contributed by atoms with Crippen molar-refractivity contribution in [1.82, 2.24) is 15.1 Å². The second-order valence-electron chi connectivity index (χ2n) is 4.56. The van der Waals surface area contributed by atoms with E-state index in [2.05, 4.69) is 57.5 Å². The van der Waals surface area contributed by atoms with E-state index < -0.39 is 0 Å². The van der Waals surface area contributed by atoms with E-state index in [0.717, 1.165) is 23.3 Å². The zero-order valence-corrected chi connectivity index (χ0v) is 12.6. The molecule has 2 aromatic rings. The molecule has 2 rings (SSSR count). The van der Waals surface area contributed by atoms with Crippen LogP contribution >= 0.6 is 15.9 Å². The van der Waals surface area contributed by atoms with Gasteiger partial charge in [-0.25, -0.2) is 0 Å². The van der Waals surface area contributed by atoms with Crippen LogP contribution in [0.4, 0.5) is 0 Å². The summed E-state index contributed by atoms with van der Waals surface area (Å²) < 4.78 is 3.02. The summed E-state index contributed by atoms with van der Waals surface area (Å²) in [5.41, 5.74) is 4.82. The Hall–Kier alpha value is -1.13. The van der Waals surface area contributed by atoms with E-state index in [4.69, 9.17) is 0 Å². The van der Waals surface area contributed by atoms with E-state index >= 15 is 0 Å². The summed E-state index contributed by atoms with van der Waals surface area (Å²) in [6, 6.07) is 8.56. The number of halogens is 1. The molecule has 0 spiro atoms. The number of hydrogen-bond acceptors (Lipinski definition) is 2. The average Bonchev–Trinajstić information content (AvgIpc) is 2.56. The van der Waals surface area contributed by atoms with E-state index in [1.54, 1.807) is 0 Å². The van der Waals surface area contributed by atoms with Gasteiger partial charge in [-0.1, -0.05) is 29.8 Å². The van der Waals surface area contributed by atoms with Crippen molar-refractivity contribution >= 4 is 15.9 Å². The lowest BCUT2D eigenvalue weighted by Gasteiger charge is -2.07. The Labute approximate surface area is 116 Å². The van der Waals surface area contributed by atoms with Gasteiger partial charge in [0.2, 0.25) is 0 Å². The molecule has 0 saturated heterocycles. The molecule has 18 heavy (non-hydrogen) atoms. The van der Waals surface area contributed by atoms with Crippen LogP contribution in [0.25, 0.3) is 0 Å². The highest BCUT2D eigenvalue weighted by Gasteiger charge is 2.09. The second kappa shape index (κ2) is 5.67. The lowest BCUT2D eigenvalue weighted by molar-refractivity contribution is 0.623. The maximum absolute atomic E-state index is 4.38. The molecule has 0 aliphatic heterocycles. The molecule has 1 aromatic carbocycles. The standard InChI is InChI=1S/C14H18BrN3/c1-10-5-4-6-12(7-10)8-16-9-13-14(15)11(2)17-18(13)3/h4-7,16H,8-9H2,1-3H3. The molecule has 0 amide bonds.